The second-order valence-electron chi connectivity index (χ2n) is 12.9. The van der Waals surface area contributed by atoms with Crippen molar-refractivity contribution in [3.63, 3.8) is 0 Å². The zero-order valence-electron chi connectivity index (χ0n) is 24.6. The van der Waals surface area contributed by atoms with Crippen molar-refractivity contribution >= 4 is 18.0 Å². The monoisotopic (exact) mass is 557 g/mol. The van der Waals surface area contributed by atoms with Crippen LogP contribution >= 0.6 is 0 Å². The molecule has 40 heavy (non-hydrogen) atoms. The first-order chi connectivity index (χ1) is 19.1. The fourth-order valence-electron chi connectivity index (χ4n) is 6.64. The van der Waals surface area contributed by atoms with Gasteiger partial charge >= 0.3 is 12.1 Å². The van der Waals surface area contributed by atoms with E-state index >= 15 is 0 Å². The van der Waals surface area contributed by atoms with E-state index in [0.717, 1.165) is 69.9 Å². The standard InChI is InChI=1S/C30H47N5O5/c1-5-21(27(37)40-35-25-16-10-9-15-24(25)33-34-35)22-13-7-8-14-23(22)32-26(36)19-30(17-11-6-12-18-30)20-31-28(38)39-29(2,3)4/h10,15-16,21-23,25H,5-9,11-14,17-20H2,1-4H3,(H,31,38)(H,32,36). The lowest BCUT2D eigenvalue weighted by Gasteiger charge is -2.39. The molecule has 4 atom stereocenters. The molecule has 1 aliphatic heterocycles. The van der Waals surface area contributed by atoms with Gasteiger partial charge in [-0.15, -0.1) is 5.11 Å². The average molecular weight is 558 g/mol. The van der Waals surface area contributed by atoms with Gasteiger partial charge in [0.05, 0.1) is 11.6 Å². The van der Waals surface area contributed by atoms with E-state index in [4.69, 9.17) is 9.57 Å². The summed E-state index contributed by atoms with van der Waals surface area (Å²) >= 11 is 0. The highest BCUT2D eigenvalue weighted by Crippen LogP contribution is 2.40. The number of amides is 2. The second kappa shape index (κ2) is 13.2. The van der Waals surface area contributed by atoms with Crippen LogP contribution in [-0.2, 0) is 19.2 Å². The molecule has 0 aromatic heterocycles. The van der Waals surface area contributed by atoms with Crippen LogP contribution in [0.1, 0.15) is 105 Å². The van der Waals surface area contributed by atoms with E-state index in [1.54, 1.807) is 0 Å². The Hall–Kier alpha value is -2.91. The third-order valence-corrected chi connectivity index (χ3v) is 8.64. The lowest BCUT2D eigenvalue weighted by atomic mass is 9.71. The topological polar surface area (TPSA) is 122 Å². The molecule has 4 unspecified atom stereocenters. The summed E-state index contributed by atoms with van der Waals surface area (Å²) in [5.41, 5.74) is -0.0619. The van der Waals surface area contributed by atoms with Crippen LogP contribution in [0.3, 0.4) is 0 Å². The first kappa shape index (κ1) is 30.1. The van der Waals surface area contributed by atoms with Crippen molar-refractivity contribution in [1.82, 2.24) is 15.8 Å². The van der Waals surface area contributed by atoms with Crippen LogP contribution in [-0.4, -0.2) is 47.4 Å². The van der Waals surface area contributed by atoms with Gasteiger partial charge in [-0.1, -0.05) is 62.4 Å². The fourth-order valence-corrected chi connectivity index (χ4v) is 6.64. The number of allylic oxidation sites excluding steroid dienone is 2. The van der Waals surface area contributed by atoms with Gasteiger partial charge in [-0.2, -0.15) is 0 Å². The van der Waals surface area contributed by atoms with Gasteiger partial charge < -0.3 is 20.2 Å². The van der Waals surface area contributed by atoms with E-state index in [9.17, 15) is 14.4 Å². The summed E-state index contributed by atoms with van der Waals surface area (Å²) in [4.78, 5) is 45.0. The molecule has 4 aliphatic rings. The zero-order valence-corrected chi connectivity index (χ0v) is 24.6. The number of carbonyl (C=O) groups is 3. The van der Waals surface area contributed by atoms with E-state index in [-0.39, 0.29) is 41.2 Å². The molecule has 2 N–H and O–H groups in total. The van der Waals surface area contributed by atoms with Crippen LogP contribution in [0.15, 0.2) is 34.3 Å². The normalized spacial score (nSPS) is 26.4. The molecule has 2 fully saturated rings. The van der Waals surface area contributed by atoms with E-state index in [1.807, 2.05) is 45.9 Å². The molecule has 0 aromatic rings. The van der Waals surface area contributed by atoms with Crippen LogP contribution in [0, 0.1) is 17.3 Å². The Morgan fingerprint density at radius 1 is 1.12 bits per heavy atom. The lowest BCUT2D eigenvalue weighted by molar-refractivity contribution is -0.201. The predicted octanol–water partition coefficient (Wildman–Crippen LogP) is 5.91. The van der Waals surface area contributed by atoms with Crippen LogP contribution in [0.4, 0.5) is 4.79 Å². The Morgan fingerprint density at radius 2 is 1.88 bits per heavy atom. The van der Waals surface area contributed by atoms with E-state index < -0.39 is 11.7 Å². The molecule has 2 amide bonds. The molecule has 222 valence electrons. The molecule has 0 aromatic carbocycles. The summed E-state index contributed by atoms with van der Waals surface area (Å²) in [6, 6.07) is -0.360. The summed E-state index contributed by atoms with van der Waals surface area (Å²) in [6.45, 7) is 7.94. The van der Waals surface area contributed by atoms with Crippen molar-refractivity contribution < 1.29 is 24.0 Å². The number of nitrogens with zero attached hydrogens (tertiary/aromatic N) is 3. The molecule has 0 radical (unpaired) electrons. The Bertz CT molecular complexity index is 1010. The highest BCUT2D eigenvalue weighted by molar-refractivity contribution is 5.78. The second-order valence-corrected chi connectivity index (χ2v) is 12.9. The highest BCUT2D eigenvalue weighted by atomic mass is 16.7. The SMILES string of the molecule is CCC(C(=O)ON1N=NC2=CCC=CC21)C1CCCCC1NC(=O)CC1(CNC(=O)OC(C)(C)C)CCCCC1. The minimum absolute atomic E-state index is 0.00570. The van der Waals surface area contributed by atoms with Gasteiger partial charge in [0.25, 0.3) is 0 Å². The number of rotatable bonds is 9. The van der Waals surface area contributed by atoms with Crippen LogP contribution in [0.5, 0.6) is 0 Å². The lowest BCUT2D eigenvalue weighted by Crippen LogP contribution is -2.49. The third-order valence-electron chi connectivity index (χ3n) is 8.64. The minimum atomic E-state index is -0.572. The molecule has 2 saturated carbocycles. The first-order valence-electron chi connectivity index (χ1n) is 15.1. The number of alkyl carbamates (subject to hydrolysis) is 1. The van der Waals surface area contributed by atoms with E-state index in [2.05, 4.69) is 21.0 Å². The molecule has 0 saturated heterocycles. The average Bonchev–Trinajstić information content (AvgIpc) is 3.31. The molecule has 10 heteroatoms. The summed E-state index contributed by atoms with van der Waals surface area (Å²) in [6.07, 6.45) is 16.0. The van der Waals surface area contributed by atoms with Gasteiger partial charge in [-0.25, -0.2) is 9.59 Å². The van der Waals surface area contributed by atoms with Crippen molar-refractivity contribution in [3.05, 3.63) is 23.9 Å². The smallest absolute Gasteiger partial charge is 0.407 e. The van der Waals surface area contributed by atoms with Gasteiger partial charge in [-0.05, 0) is 75.9 Å². The number of hydrogen-bond donors (Lipinski definition) is 2. The molecule has 10 nitrogen and oxygen atoms in total. The number of ether oxygens (including phenoxy) is 1. The van der Waals surface area contributed by atoms with Crippen molar-refractivity contribution in [2.75, 3.05) is 6.54 Å². The zero-order chi connectivity index (χ0) is 28.8. The molecule has 1 heterocycles. The van der Waals surface area contributed by atoms with Gasteiger partial charge in [0, 0.05) is 19.0 Å². The first-order valence-corrected chi connectivity index (χ1v) is 15.1. The van der Waals surface area contributed by atoms with Gasteiger partial charge in [0.2, 0.25) is 5.91 Å². The molecular formula is C30H47N5O5. The maximum Gasteiger partial charge on any atom is 0.407 e. The predicted molar refractivity (Wildman–Crippen MR) is 150 cm³/mol. The number of fused-ring (bicyclic) bond motifs is 1. The summed E-state index contributed by atoms with van der Waals surface area (Å²) < 4.78 is 5.44. The Balaban J connectivity index is 1.37. The minimum Gasteiger partial charge on any atom is -0.444 e. The molecule has 3 aliphatic carbocycles. The van der Waals surface area contributed by atoms with Crippen molar-refractivity contribution in [2.45, 2.75) is 122 Å². The number of nitrogens with one attached hydrogen (secondary N) is 2. The quantitative estimate of drug-likeness (QED) is 0.340. The Kier molecular flexibility index (Phi) is 9.90. The summed E-state index contributed by atoms with van der Waals surface area (Å²) in [5.74, 6) is -0.686. The van der Waals surface area contributed by atoms with Crippen molar-refractivity contribution in [1.29, 1.82) is 0 Å². The van der Waals surface area contributed by atoms with Crippen molar-refractivity contribution in [3.8, 4) is 0 Å². The number of hydrogen-bond acceptors (Lipinski definition) is 8. The molecule has 4 rings (SSSR count). The van der Waals surface area contributed by atoms with Crippen LogP contribution in [0.25, 0.3) is 0 Å². The third kappa shape index (κ3) is 7.85. The maximum absolute atomic E-state index is 13.5. The molecule has 0 spiro atoms. The van der Waals surface area contributed by atoms with Gasteiger partial charge in [-0.3, -0.25) is 4.79 Å². The van der Waals surface area contributed by atoms with E-state index in [1.165, 1.54) is 5.17 Å². The molecule has 0 bridgehead atoms. The van der Waals surface area contributed by atoms with E-state index in [0.29, 0.717) is 19.4 Å². The maximum atomic E-state index is 13.5. The summed E-state index contributed by atoms with van der Waals surface area (Å²) in [7, 11) is 0. The largest absolute Gasteiger partial charge is 0.444 e. The van der Waals surface area contributed by atoms with Gasteiger partial charge in [0.15, 0.2) is 0 Å². The Morgan fingerprint density at radius 3 is 2.60 bits per heavy atom. The molecular weight excluding hydrogens is 510 g/mol. The Labute approximate surface area is 238 Å². The van der Waals surface area contributed by atoms with Crippen LogP contribution in [0.2, 0.25) is 0 Å². The summed E-state index contributed by atoms with van der Waals surface area (Å²) in [5, 5.41) is 15.7. The number of hydroxylamine groups is 1. The highest BCUT2D eigenvalue weighted by Gasteiger charge is 2.41. The fraction of sp³-hybridized carbons (Fsp3) is 0.767. The number of carbonyl (C=O) groups excluding carboxylic acids is 3. The van der Waals surface area contributed by atoms with Crippen molar-refractivity contribution in [2.24, 2.45) is 27.6 Å². The van der Waals surface area contributed by atoms with Gasteiger partial charge in [0.1, 0.15) is 11.6 Å². The van der Waals surface area contributed by atoms with Crippen LogP contribution < -0.4 is 10.6 Å².